The summed E-state index contributed by atoms with van der Waals surface area (Å²) >= 11 is 0. The number of para-hydroxylation sites is 1. The first-order chi connectivity index (χ1) is 10.9. The van der Waals surface area contributed by atoms with Crippen LogP contribution in [0.25, 0.3) is 5.69 Å². The molecule has 1 unspecified atom stereocenters. The van der Waals surface area contributed by atoms with E-state index in [2.05, 4.69) is 10.1 Å². The smallest absolute Gasteiger partial charge is 0.410 e. The Hall–Kier alpha value is -2.37. The van der Waals surface area contributed by atoms with Crippen LogP contribution in [0.1, 0.15) is 45.5 Å². The first-order valence-electron chi connectivity index (χ1n) is 7.91. The molecule has 122 valence electrons. The Morgan fingerprint density at radius 2 is 2.00 bits per heavy atom. The maximum Gasteiger partial charge on any atom is 0.410 e. The van der Waals surface area contributed by atoms with Gasteiger partial charge in [0.25, 0.3) is 0 Å². The number of benzene rings is 1. The fourth-order valence-electron chi connectivity index (χ4n) is 2.71. The summed E-state index contributed by atoms with van der Waals surface area (Å²) in [7, 11) is 0. The van der Waals surface area contributed by atoms with Gasteiger partial charge in [0.2, 0.25) is 0 Å². The Balaban J connectivity index is 1.78. The zero-order valence-electron chi connectivity index (χ0n) is 13.8. The Morgan fingerprint density at radius 3 is 2.70 bits per heavy atom. The van der Waals surface area contributed by atoms with Gasteiger partial charge in [-0.15, -0.1) is 5.10 Å². The minimum Gasteiger partial charge on any atom is -0.444 e. The lowest BCUT2D eigenvalue weighted by molar-refractivity contribution is 0.0218. The summed E-state index contributed by atoms with van der Waals surface area (Å²) in [5.74, 6) is 0.664. The zero-order valence-corrected chi connectivity index (χ0v) is 13.8. The topological polar surface area (TPSA) is 60.2 Å². The SMILES string of the molecule is CC(C)(C)OC(=O)N1CCCC1c1ncn(-c2ccccc2)n1. The third kappa shape index (κ3) is 3.52. The standard InChI is InChI=1S/C17H22N4O2/c1-17(2,3)23-16(22)20-11-7-10-14(20)15-18-12-21(19-15)13-8-5-4-6-9-13/h4-6,8-9,12,14H,7,10-11H2,1-3H3. The van der Waals surface area contributed by atoms with Crippen molar-refractivity contribution in [3.8, 4) is 5.69 Å². The van der Waals surface area contributed by atoms with Crippen LogP contribution >= 0.6 is 0 Å². The molecule has 1 saturated heterocycles. The molecular weight excluding hydrogens is 292 g/mol. The molecule has 3 rings (SSSR count). The second-order valence-corrected chi connectivity index (χ2v) is 6.71. The number of carbonyl (C=O) groups is 1. The number of hydrogen-bond donors (Lipinski definition) is 0. The average molecular weight is 314 g/mol. The van der Waals surface area contributed by atoms with E-state index >= 15 is 0 Å². The molecule has 0 saturated carbocycles. The monoisotopic (exact) mass is 314 g/mol. The zero-order chi connectivity index (χ0) is 16.4. The molecular formula is C17H22N4O2. The molecule has 1 fully saturated rings. The highest BCUT2D eigenvalue weighted by Gasteiger charge is 2.35. The van der Waals surface area contributed by atoms with Gasteiger partial charge in [-0.1, -0.05) is 18.2 Å². The molecule has 1 aliphatic heterocycles. The van der Waals surface area contributed by atoms with Gasteiger partial charge in [0.15, 0.2) is 5.82 Å². The highest BCUT2D eigenvalue weighted by Crippen LogP contribution is 2.31. The van der Waals surface area contributed by atoms with Gasteiger partial charge in [-0.3, -0.25) is 4.90 Å². The molecule has 6 heteroatoms. The molecule has 0 N–H and O–H groups in total. The van der Waals surface area contributed by atoms with Gasteiger partial charge >= 0.3 is 6.09 Å². The van der Waals surface area contributed by atoms with Crippen molar-refractivity contribution in [3.63, 3.8) is 0 Å². The molecule has 6 nitrogen and oxygen atoms in total. The summed E-state index contributed by atoms with van der Waals surface area (Å²) in [6.07, 6.45) is 3.19. The van der Waals surface area contributed by atoms with E-state index in [1.807, 2.05) is 51.1 Å². The first kappa shape index (κ1) is 15.5. The van der Waals surface area contributed by atoms with Gasteiger partial charge in [0, 0.05) is 6.54 Å². The molecule has 1 aromatic heterocycles. The predicted octanol–water partition coefficient (Wildman–Crippen LogP) is 3.34. The lowest BCUT2D eigenvalue weighted by Gasteiger charge is -2.27. The van der Waals surface area contributed by atoms with Crippen LogP contribution in [0.3, 0.4) is 0 Å². The van der Waals surface area contributed by atoms with E-state index in [9.17, 15) is 4.79 Å². The fraction of sp³-hybridized carbons (Fsp3) is 0.471. The van der Waals surface area contributed by atoms with E-state index in [0.717, 1.165) is 18.5 Å². The maximum atomic E-state index is 12.4. The molecule has 1 aromatic carbocycles. The van der Waals surface area contributed by atoms with Crippen LogP contribution in [0.15, 0.2) is 36.7 Å². The highest BCUT2D eigenvalue weighted by atomic mass is 16.6. The van der Waals surface area contributed by atoms with E-state index in [-0.39, 0.29) is 12.1 Å². The van der Waals surface area contributed by atoms with E-state index in [4.69, 9.17) is 4.74 Å². The molecule has 0 spiro atoms. The van der Waals surface area contributed by atoms with Crippen LogP contribution in [0.5, 0.6) is 0 Å². The van der Waals surface area contributed by atoms with Crippen molar-refractivity contribution in [1.29, 1.82) is 0 Å². The van der Waals surface area contributed by atoms with Crippen LogP contribution in [-0.2, 0) is 4.74 Å². The number of rotatable bonds is 2. The third-order valence-electron chi connectivity index (χ3n) is 3.71. The molecule has 0 bridgehead atoms. The van der Waals surface area contributed by atoms with Crippen LogP contribution in [0, 0.1) is 0 Å². The summed E-state index contributed by atoms with van der Waals surface area (Å²) in [4.78, 5) is 18.5. The van der Waals surface area contributed by atoms with Crippen LogP contribution < -0.4 is 0 Å². The van der Waals surface area contributed by atoms with Crippen molar-refractivity contribution >= 4 is 6.09 Å². The number of ether oxygens (including phenoxy) is 1. The summed E-state index contributed by atoms with van der Waals surface area (Å²) in [6.45, 7) is 6.30. The Labute approximate surface area is 136 Å². The van der Waals surface area contributed by atoms with Gasteiger partial charge in [-0.25, -0.2) is 14.5 Å². The molecule has 23 heavy (non-hydrogen) atoms. The number of nitrogens with zero attached hydrogens (tertiary/aromatic N) is 4. The molecule has 2 heterocycles. The van der Waals surface area contributed by atoms with Crippen molar-refractivity contribution in [2.24, 2.45) is 0 Å². The minimum atomic E-state index is -0.499. The predicted molar refractivity (Wildman–Crippen MR) is 86.3 cm³/mol. The fourth-order valence-corrected chi connectivity index (χ4v) is 2.71. The third-order valence-corrected chi connectivity index (χ3v) is 3.71. The highest BCUT2D eigenvalue weighted by molar-refractivity contribution is 5.69. The van der Waals surface area contributed by atoms with Crippen molar-refractivity contribution in [2.75, 3.05) is 6.54 Å². The molecule has 1 atom stereocenters. The Morgan fingerprint density at radius 1 is 1.26 bits per heavy atom. The molecule has 0 aliphatic carbocycles. The quantitative estimate of drug-likeness (QED) is 0.853. The largest absolute Gasteiger partial charge is 0.444 e. The Kier molecular flexibility index (Phi) is 4.07. The van der Waals surface area contributed by atoms with Crippen LogP contribution in [0.4, 0.5) is 4.79 Å². The van der Waals surface area contributed by atoms with E-state index in [1.165, 1.54) is 0 Å². The van der Waals surface area contributed by atoms with Gasteiger partial charge < -0.3 is 4.74 Å². The summed E-state index contributed by atoms with van der Waals surface area (Å²) in [5, 5.41) is 4.55. The van der Waals surface area contributed by atoms with Gasteiger partial charge in [-0.05, 0) is 45.7 Å². The number of amides is 1. The van der Waals surface area contributed by atoms with Crippen LogP contribution in [-0.4, -0.2) is 37.9 Å². The summed E-state index contributed by atoms with van der Waals surface area (Å²) < 4.78 is 7.23. The van der Waals surface area contributed by atoms with E-state index < -0.39 is 5.60 Å². The number of aromatic nitrogens is 3. The Bertz CT molecular complexity index is 675. The number of carbonyl (C=O) groups excluding carboxylic acids is 1. The van der Waals surface area contributed by atoms with Crippen molar-refractivity contribution in [2.45, 2.75) is 45.3 Å². The molecule has 1 aliphatic rings. The summed E-state index contributed by atoms with van der Waals surface area (Å²) in [5.41, 5.74) is 0.453. The molecule has 1 amide bonds. The normalized spacial score (nSPS) is 18.2. The minimum absolute atomic E-state index is 0.116. The van der Waals surface area contributed by atoms with Gasteiger partial charge in [-0.2, -0.15) is 0 Å². The second kappa shape index (κ2) is 6.02. The van der Waals surface area contributed by atoms with Crippen molar-refractivity contribution in [3.05, 3.63) is 42.5 Å². The average Bonchev–Trinajstić information content (AvgIpc) is 3.15. The van der Waals surface area contributed by atoms with Crippen LogP contribution in [0.2, 0.25) is 0 Å². The van der Waals surface area contributed by atoms with E-state index in [0.29, 0.717) is 12.4 Å². The van der Waals surface area contributed by atoms with Crippen molar-refractivity contribution in [1.82, 2.24) is 19.7 Å². The lowest BCUT2D eigenvalue weighted by Crippen LogP contribution is -2.36. The number of likely N-dealkylation sites (tertiary alicyclic amines) is 1. The maximum absolute atomic E-state index is 12.4. The lowest BCUT2D eigenvalue weighted by atomic mass is 10.2. The molecule has 0 radical (unpaired) electrons. The van der Waals surface area contributed by atoms with E-state index in [1.54, 1.807) is 15.9 Å². The van der Waals surface area contributed by atoms with Crippen molar-refractivity contribution < 1.29 is 9.53 Å². The van der Waals surface area contributed by atoms with Gasteiger partial charge in [0.05, 0.1) is 11.7 Å². The first-order valence-corrected chi connectivity index (χ1v) is 7.91. The van der Waals surface area contributed by atoms with Gasteiger partial charge in [0.1, 0.15) is 11.9 Å². The molecule has 2 aromatic rings. The summed E-state index contributed by atoms with van der Waals surface area (Å²) in [6, 6.07) is 9.70. The number of hydrogen-bond acceptors (Lipinski definition) is 4. The second-order valence-electron chi connectivity index (χ2n) is 6.71.